The zero-order valence-electron chi connectivity index (χ0n) is 23.4. The molecule has 1 atom stereocenters. The van der Waals surface area contributed by atoms with E-state index in [2.05, 4.69) is 10.6 Å². The number of hydrogen-bond acceptors (Lipinski definition) is 6. The van der Waals surface area contributed by atoms with Crippen molar-refractivity contribution in [3.05, 3.63) is 88.6 Å². The van der Waals surface area contributed by atoms with E-state index in [4.69, 9.17) is 0 Å². The number of fused-ring (bicyclic) bond motifs is 1. The lowest BCUT2D eigenvalue weighted by molar-refractivity contribution is -0.119. The van der Waals surface area contributed by atoms with Gasteiger partial charge in [-0.05, 0) is 105 Å². The van der Waals surface area contributed by atoms with E-state index in [0.717, 1.165) is 19.4 Å². The predicted molar refractivity (Wildman–Crippen MR) is 169 cm³/mol. The van der Waals surface area contributed by atoms with Gasteiger partial charge in [0, 0.05) is 27.9 Å². The van der Waals surface area contributed by atoms with Crippen molar-refractivity contribution in [1.82, 2.24) is 18.6 Å². The summed E-state index contributed by atoms with van der Waals surface area (Å²) in [7, 11) is 3.42. The monoisotopic (exact) mass is 684 g/mol. The SMILES string of the molecule is Cc1c(=O)n(C)c(Nc2ccc(I)cc2F)c2c(=O)n(C3CC3)c(=O)n(-c3cccc(NC(=O)[C@H]4CCCN4C)c3)c12. The maximum Gasteiger partial charge on any atom is 0.336 e. The van der Waals surface area contributed by atoms with E-state index in [1.807, 2.05) is 34.5 Å². The predicted octanol–water partition coefficient (Wildman–Crippen LogP) is 4.01. The Hall–Kier alpha value is -3.78. The van der Waals surface area contributed by atoms with E-state index in [9.17, 15) is 23.6 Å². The average molecular weight is 685 g/mol. The molecule has 1 saturated heterocycles. The number of halogens is 2. The van der Waals surface area contributed by atoms with Gasteiger partial charge in [-0.15, -0.1) is 0 Å². The molecular formula is C30H30FIN6O4. The highest BCUT2D eigenvalue weighted by Crippen LogP contribution is 2.34. The summed E-state index contributed by atoms with van der Waals surface area (Å²) in [5.74, 6) is -0.596. The molecule has 1 aliphatic heterocycles. The van der Waals surface area contributed by atoms with Crippen molar-refractivity contribution in [2.75, 3.05) is 24.2 Å². The molecule has 3 heterocycles. The van der Waals surface area contributed by atoms with Crippen LogP contribution >= 0.6 is 22.6 Å². The van der Waals surface area contributed by atoms with Crippen LogP contribution in [0.1, 0.15) is 37.3 Å². The highest BCUT2D eigenvalue weighted by molar-refractivity contribution is 14.1. The van der Waals surface area contributed by atoms with Gasteiger partial charge in [0.25, 0.3) is 11.1 Å². The van der Waals surface area contributed by atoms with Gasteiger partial charge in [0.2, 0.25) is 5.91 Å². The first kappa shape index (κ1) is 28.3. The first-order valence-electron chi connectivity index (χ1n) is 13.8. The number of carbonyl (C=O) groups is 1. The zero-order valence-corrected chi connectivity index (χ0v) is 25.6. The van der Waals surface area contributed by atoms with Gasteiger partial charge < -0.3 is 10.6 Å². The molecule has 0 spiro atoms. The fourth-order valence-electron chi connectivity index (χ4n) is 5.76. The third kappa shape index (κ3) is 4.85. The number of amides is 1. The normalized spacial score (nSPS) is 17.1. The summed E-state index contributed by atoms with van der Waals surface area (Å²) in [5.41, 5.74) is -0.264. The third-order valence-electron chi connectivity index (χ3n) is 8.13. The fraction of sp³-hybridized carbons (Fsp3) is 0.333. The summed E-state index contributed by atoms with van der Waals surface area (Å²) in [6, 6.07) is 10.9. The summed E-state index contributed by atoms with van der Waals surface area (Å²) in [4.78, 5) is 56.5. The number of hydrogen-bond donors (Lipinski definition) is 2. The Kier molecular flexibility index (Phi) is 7.29. The molecule has 2 aliphatic rings. The Balaban J connectivity index is 1.58. The molecule has 1 amide bonds. The molecule has 2 N–H and O–H groups in total. The topological polar surface area (TPSA) is 110 Å². The van der Waals surface area contributed by atoms with Crippen LogP contribution in [-0.2, 0) is 11.8 Å². The Bertz CT molecular complexity index is 1940. The smallest absolute Gasteiger partial charge is 0.336 e. The molecule has 1 saturated carbocycles. The molecule has 4 aromatic rings. The molecule has 10 nitrogen and oxygen atoms in total. The average Bonchev–Trinajstić information content (AvgIpc) is 3.69. The largest absolute Gasteiger partial charge is 0.338 e. The van der Waals surface area contributed by atoms with Gasteiger partial charge in [-0.2, -0.15) is 0 Å². The maximum absolute atomic E-state index is 14.9. The molecule has 1 aliphatic carbocycles. The molecular weight excluding hydrogens is 654 g/mol. The first-order valence-corrected chi connectivity index (χ1v) is 14.9. The van der Waals surface area contributed by atoms with E-state index in [0.29, 0.717) is 27.8 Å². The number of anilines is 3. The molecule has 0 bridgehead atoms. The van der Waals surface area contributed by atoms with Gasteiger partial charge in [-0.1, -0.05) is 6.07 Å². The van der Waals surface area contributed by atoms with Crippen molar-refractivity contribution in [3.63, 3.8) is 0 Å². The molecule has 2 fully saturated rings. The summed E-state index contributed by atoms with van der Waals surface area (Å²) in [6.07, 6.45) is 3.04. The minimum atomic E-state index is -0.572. The van der Waals surface area contributed by atoms with E-state index in [1.54, 1.807) is 37.3 Å². The second-order valence-electron chi connectivity index (χ2n) is 11.0. The van der Waals surface area contributed by atoms with E-state index < -0.39 is 22.6 Å². The number of likely N-dealkylation sites (N-methyl/N-ethyl adjacent to an activating group) is 1. The highest BCUT2D eigenvalue weighted by Gasteiger charge is 2.32. The Morgan fingerprint density at radius 1 is 1.02 bits per heavy atom. The first-order chi connectivity index (χ1) is 20.1. The number of benzene rings is 2. The van der Waals surface area contributed by atoms with Gasteiger partial charge in [0.1, 0.15) is 17.0 Å². The van der Waals surface area contributed by atoms with Crippen LogP contribution in [0.3, 0.4) is 0 Å². The van der Waals surface area contributed by atoms with Gasteiger partial charge in [0.15, 0.2) is 0 Å². The number of carbonyl (C=O) groups excluding carboxylic acids is 1. The van der Waals surface area contributed by atoms with Crippen LogP contribution in [0.4, 0.5) is 21.6 Å². The molecule has 2 aromatic carbocycles. The lowest BCUT2D eigenvalue weighted by Gasteiger charge is -2.21. The van der Waals surface area contributed by atoms with Gasteiger partial charge in [-0.3, -0.25) is 33.0 Å². The van der Waals surface area contributed by atoms with Crippen molar-refractivity contribution < 1.29 is 9.18 Å². The van der Waals surface area contributed by atoms with Crippen LogP contribution in [0.25, 0.3) is 16.6 Å². The number of likely N-dealkylation sites (tertiary alicyclic amines) is 1. The van der Waals surface area contributed by atoms with Crippen molar-refractivity contribution in [2.45, 2.75) is 44.7 Å². The summed E-state index contributed by atoms with van der Waals surface area (Å²) in [5, 5.41) is 6.03. The second kappa shape index (κ2) is 10.8. The van der Waals surface area contributed by atoms with Crippen LogP contribution in [0, 0.1) is 16.3 Å². The lowest BCUT2D eigenvalue weighted by Crippen LogP contribution is -2.41. The second-order valence-corrected chi connectivity index (χ2v) is 12.3. The third-order valence-corrected chi connectivity index (χ3v) is 8.81. The summed E-state index contributed by atoms with van der Waals surface area (Å²) >= 11 is 2.00. The Morgan fingerprint density at radius 3 is 2.45 bits per heavy atom. The number of aromatic nitrogens is 3. The summed E-state index contributed by atoms with van der Waals surface area (Å²) < 4.78 is 19.5. The quantitative estimate of drug-likeness (QED) is 0.297. The summed E-state index contributed by atoms with van der Waals surface area (Å²) in [6.45, 7) is 2.41. The van der Waals surface area contributed by atoms with E-state index >= 15 is 0 Å². The van der Waals surface area contributed by atoms with Crippen molar-refractivity contribution in [3.8, 4) is 5.69 Å². The van der Waals surface area contributed by atoms with Gasteiger partial charge in [-0.25, -0.2) is 9.18 Å². The number of rotatable bonds is 6. The van der Waals surface area contributed by atoms with Gasteiger partial charge >= 0.3 is 5.69 Å². The number of pyridine rings is 1. The minimum absolute atomic E-state index is 0.0857. The van der Waals surface area contributed by atoms with E-state index in [1.165, 1.54) is 32.9 Å². The molecule has 42 heavy (non-hydrogen) atoms. The van der Waals surface area contributed by atoms with Crippen LogP contribution in [0.5, 0.6) is 0 Å². The molecule has 2 aromatic heterocycles. The Morgan fingerprint density at radius 2 is 1.79 bits per heavy atom. The van der Waals surface area contributed by atoms with Crippen molar-refractivity contribution in [2.24, 2.45) is 7.05 Å². The van der Waals surface area contributed by atoms with Crippen LogP contribution in [0.15, 0.2) is 56.8 Å². The zero-order chi connectivity index (χ0) is 29.9. The molecule has 0 radical (unpaired) electrons. The van der Waals surface area contributed by atoms with Crippen molar-refractivity contribution >= 4 is 56.6 Å². The lowest BCUT2D eigenvalue weighted by atomic mass is 10.1. The minimum Gasteiger partial charge on any atom is -0.338 e. The number of aryl methyl sites for hydroxylation is 1. The molecule has 6 rings (SSSR count). The van der Waals surface area contributed by atoms with Crippen LogP contribution < -0.4 is 27.4 Å². The fourth-order valence-corrected chi connectivity index (χ4v) is 6.22. The molecule has 12 heteroatoms. The van der Waals surface area contributed by atoms with Crippen LogP contribution in [-0.4, -0.2) is 44.1 Å². The van der Waals surface area contributed by atoms with Gasteiger partial charge in [0.05, 0.1) is 22.9 Å². The van der Waals surface area contributed by atoms with Crippen LogP contribution in [0.2, 0.25) is 0 Å². The molecule has 218 valence electrons. The standard InChI is InChI=1S/C30H30FIN6O4/c1-16-25-24(26(36(3)28(16)40)34-22-12-9-17(32)14-21(22)31)29(41)38(19-10-11-19)30(42)37(25)20-7-4-6-18(15-20)33-27(39)23-8-5-13-35(23)2/h4,6-7,9,12,14-15,19,23,34H,5,8,10-11,13H2,1-3H3,(H,33,39)/t23-/m1/s1. The number of nitrogens with one attached hydrogen (secondary N) is 2. The van der Waals surface area contributed by atoms with Crippen molar-refractivity contribution in [1.29, 1.82) is 0 Å². The van der Waals surface area contributed by atoms with E-state index in [-0.39, 0.29) is 46.0 Å². The maximum atomic E-state index is 14.9. The number of nitrogens with zero attached hydrogens (tertiary/aromatic N) is 4. The molecule has 0 unspecified atom stereocenters. The Labute approximate surface area is 253 Å². The highest BCUT2D eigenvalue weighted by atomic mass is 127.